The van der Waals surface area contributed by atoms with Gasteiger partial charge in [-0.05, 0) is 48.9 Å². The molecule has 0 saturated heterocycles. The molecule has 5 nitrogen and oxygen atoms in total. The number of halogens is 1. The number of rotatable bonds is 6. The molecule has 0 aliphatic carbocycles. The molecular formula is C20H18BrNO4S2. The predicted octanol–water partition coefficient (Wildman–Crippen LogP) is 4.59. The smallest absolute Gasteiger partial charge is 0.206 e. The summed E-state index contributed by atoms with van der Waals surface area (Å²) in [4.78, 5) is -0.170. The Morgan fingerprint density at radius 3 is 1.46 bits per heavy atom. The molecule has 28 heavy (non-hydrogen) atoms. The third-order valence-electron chi connectivity index (χ3n) is 4.22. The first kappa shape index (κ1) is 20.7. The maximum atomic E-state index is 13.4. The summed E-state index contributed by atoms with van der Waals surface area (Å²) < 4.78 is 54.9. The minimum absolute atomic E-state index is 0.0848. The Morgan fingerprint density at radius 1 is 0.679 bits per heavy atom. The number of sulfonamides is 2. The molecular weight excluding hydrogens is 462 g/mol. The van der Waals surface area contributed by atoms with Crippen molar-refractivity contribution in [3.63, 3.8) is 0 Å². The fourth-order valence-corrected chi connectivity index (χ4v) is 7.11. The fourth-order valence-electron chi connectivity index (χ4n) is 2.80. The van der Waals surface area contributed by atoms with Crippen molar-refractivity contribution in [3.05, 3.63) is 95.0 Å². The molecule has 0 aromatic heterocycles. The molecule has 0 radical (unpaired) electrons. The molecule has 0 N–H and O–H groups in total. The van der Waals surface area contributed by atoms with Crippen LogP contribution in [0, 0.1) is 0 Å². The van der Waals surface area contributed by atoms with Crippen molar-refractivity contribution in [2.75, 3.05) is 0 Å². The molecule has 0 heterocycles. The van der Waals surface area contributed by atoms with Crippen molar-refractivity contribution >= 4 is 36.0 Å². The minimum atomic E-state index is -4.33. The lowest BCUT2D eigenvalue weighted by molar-refractivity contribution is 0.448. The van der Waals surface area contributed by atoms with Gasteiger partial charge in [0.2, 0.25) is 0 Å². The first-order valence-corrected chi connectivity index (χ1v) is 12.1. The highest BCUT2D eigenvalue weighted by atomic mass is 79.9. The highest BCUT2D eigenvalue weighted by molar-refractivity contribution is 9.10. The van der Waals surface area contributed by atoms with Crippen LogP contribution in [0.4, 0.5) is 0 Å². The Balaban J connectivity index is 2.21. The van der Waals surface area contributed by atoms with E-state index in [-0.39, 0.29) is 9.79 Å². The van der Waals surface area contributed by atoms with Gasteiger partial charge in [-0.25, -0.2) is 16.8 Å². The van der Waals surface area contributed by atoms with Crippen LogP contribution in [0.25, 0.3) is 0 Å². The zero-order chi connectivity index (χ0) is 20.4. The average Bonchev–Trinajstić information content (AvgIpc) is 2.69. The van der Waals surface area contributed by atoms with Gasteiger partial charge in [-0.3, -0.25) is 0 Å². The summed E-state index contributed by atoms with van der Waals surface area (Å²) in [5.41, 5.74) is 0.558. The van der Waals surface area contributed by atoms with E-state index >= 15 is 0 Å². The summed E-state index contributed by atoms with van der Waals surface area (Å²) in [5.74, 6) is 0. The molecule has 146 valence electrons. The Bertz CT molecular complexity index is 1080. The largest absolute Gasteiger partial charge is 0.256 e. The van der Waals surface area contributed by atoms with Gasteiger partial charge in [0.05, 0.1) is 15.8 Å². The van der Waals surface area contributed by atoms with Gasteiger partial charge >= 0.3 is 0 Å². The summed E-state index contributed by atoms with van der Waals surface area (Å²) in [6, 6.07) is 21.1. The van der Waals surface area contributed by atoms with Gasteiger partial charge in [0, 0.05) is 4.47 Å². The molecule has 8 heteroatoms. The molecule has 3 aromatic rings. The number of nitrogens with zero attached hydrogens (tertiary/aromatic N) is 1. The summed E-state index contributed by atoms with van der Waals surface area (Å²) in [5, 5.41) is 0. The Hall–Kier alpha value is -2.00. The van der Waals surface area contributed by atoms with Crippen LogP contribution in [0.1, 0.15) is 18.5 Å². The van der Waals surface area contributed by atoms with Gasteiger partial charge < -0.3 is 0 Å². The molecule has 0 spiro atoms. The Labute approximate surface area is 173 Å². The maximum Gasteiger partial charge on any atom is 0.256 e. The Kier molecular flexibility index (Phi) is 6.04. The first-order valence-electron chi connectivity index (χ1n) is 8.40. The standard InChI is InChI=1S/C20H18BrNO4S2/c1-16(17-12-14-18(21)15-13-17)22(27(23,24)19-8-4-2-5-9-19)28(25,26)20-10-6-3-7-11-20/h2-16H,1H3. The Morgan fingerprint density at radius 2 is 1.07 bits per heavy atom. The molecule has 1 unspecified atom stereocenters. The summed E-state index contributed by atoms with van der Waals surface area (Å²) >= 11 is 3.33. The third kappa shape index (κ3) is 4.05. The number of hydrogen-bond acceptors (Lipinski definition) is 4. The molecule has 0 aliphatic rings. The van der Waals surface area contributed by atoms with Gasteiger partial charge in [-0.1, -0.05) is 68.2 Å². The van der Waals surface area contributed by atoms with Crippen LogP contribution in [0.15, 0.2) is 99.2 Å². The summed E-state index contributed by atoms with van der Waals surface area (Å²) in [6.45, 7) is 1.56. The highest BCUT2D eigenvalue weighted by Gasteiger charge is 2.40. The SMILES string of the molecule is CC(c1ccc(Br)cc1)N(S(=O)(=O)c1ccccc1)S(=O)(=O)c1ccccc1. The molecule has 0 fully saturated rings. The lowest BCUT2D eigenvalue weighted by Crippen LogP contribution is -2.38. The van der Waals surface area contributed by atoms with E-state index in [4.69, 9.17) is 0 Å². The second-order valence-electron chi connectivity index (χ2n) is 6.09. The van der Waals surface area contributed by atoms with Gasteiger partial charge in [0.15, 0.2) is 0 Å². The van der Waals surface area contributed by atoms with E-state index in [1.54, 1.807) is 67.6 Å². The van der Waals surface area contributed by atoms with Gasteiger partial charge in [0.25, 0.3) is 20.0 Å². The summed E-state index contributed by atoms with van der Waals surface area (Å²) in [7, 11) is -8.66. The van der Waals surface area contributed by atoms with E-state index in [1.807, 2.05) is 0 Å². The van der Waals surface area contributed by atoms with Crippen molar-refractivity contribution in [3.8, 4) is 0 Å². The lowest BCUT2D eigenvalue weighted by atomic mass is 10.1. The predicted molar refractivity (Wildman–Crippen MR) is 112 cm³/mol. The van der Waals surface area contributed by atoms with Crippen LogP contribution in [0.5, 0.6) is 0 Å². The number of hydrogen-bond donors (Lipinski definition) is 0. The quantitative estimate of drug-likeness (QED) is 0.518. The van der Waals surface area contributed by atoms with Crippen molar-refractivity contribution in [1.29, 1.82) is 0 Å². The molecule has 0 amide bonds. The van der Waals surface area contributed by atoms with Crippen molar-refractivity contribution in [2.45, 2.75) is 22.8 Å². The fraction of sp³-hybridized carbons (Fsp3) is 0.100. The van der Waals surface area contributed by atoms with Gasteiger partial charge in [-0.2, -0.15) is 0 Å². The normalized spacial score (nSPS) is 13.4. The van der Waals surface area contributed by atoms with Crippen molar-refractivity contribution < 1.29 is 16.8 Å². The lowest BCUT2D eigenvalue weighted by Gasteiger charge is -2.28. The van der Waals surface area contributed by atoms with Crippen LogP contribution in [-0.2, 0) is 20.0 Å². The third-order valence-corrected chi connectivity index (χ3v) is 9.25. The van der Waals surface area contributed by atoms with E-state index in [1.165, 1.54) is 24.3 Å². The zero-order valence-electron chi connectivity index (χ0n) is 14.9. The van der Waals surface area contributed by atoms with E-state index in [0.29, 0.717) is 9.27 Å². The highest BCUT2D eigenvalue weighted by Crippen LogP contribution is 2.34. The van der Waals surface area contributed by atoms with Crippen LogP contribution >= 0.6 is 15.9 Å². The van der Waals surface area contributed by atoms with Crippen LogP contribution in [0.2, 0.25) is 0 Å². The average molecular weight is 480 g/mol. The van der Waals surface area contributed by atoms with Crippen LogP contribution in [0.3, 0.4) is 0 Å². The molecule has 3 aromatic carbocycles. The molecule has 0 bridgehead atoms. The molecule has 1 atom stereocenters. The second kappa shape index (κ2) is 8.16. The van der Waals surface area contributed by atoms with Crippen molar-refractivity contribution in [2.24, 2.45) is 0 Å². The second-order valence-corrected chi connectivity index (χ2v) is 10.9. The van der Waals surface area contributed by atoms with Crippen LogP contribution in [-0.4, -0.2) is 20.5 Å². The van der Waals surface area contributed by atoms with Crippen LogP contribution < -0.4 is 0 Å². The van der Waals surface area contributed by atoms with Crippen molar-refractivity contribution in [1.82, 2.24) is 3.71 Å². The molecule has 3 rings (SSSR count). The topological polar surface area (TPSA) is 71.5 Å². The minimum Gasteiger partial charge on any atom is -0.206 e. The van der Waals surface area contributed by atoms with Gasteiger partial charge in [-0.15, -0.1) is 0 Å². The zero-order valence-corrected chi connectivity index (χ0v) is 18.2. The summed E-state index contributed by atoms with van der Waals surface area (Å²) in [6.07, 6.45) is 0. The van der Waals surface area contributed by atoms with E-state index in [9.17, 15) is 16.8 Å². The first-order chi connectivity index (χ1) is 13.2. The maximum absolute atomic E-state index is 13.4. The molecule has 0 saturated carbocycles. The number of benzene rings is 3. The molecule has 0 aliphatic heterocycles. The monoisotopic (exact) mass is 479 g/mol. The van der Waals surface area contributed by atoms with Gasteiger partial charge in [0.1, 0.15) is 0 Å². The van der Waals surface area contributed by atoms with E-state index in [2.05, 4.69) is 15.9 Å². The van der Waals surface area contributed by atoms with E-state index < -0.39 is 26.1 Å². The van der Waals surface area contributed by atoms with E-state index in [0.717, 1.165) is 4.47 Å².